The Morgan fingerprint density at radius 1 is 1.14 bits per heavy atom. The van der Waals surface area contributed by atoms with Gasteiger partial charge in [0.05, 0.1) is 27.3 Å². The maximum Gasteiger partial charge on any atom is 0.341 e. The van der Waals surface area contributed by atoms with E-state index >= 15 is 0 Å². The van der Waals surface area contributed by atoms with Crippen molar-refractivity contribution in [3.05, 3.63) is 80.0 Å². The number of rotatable bonds is 7. The molecule has 0 atom stereocenters. The predicted molar refractivity (Wildman–Crippen MR) is 130 cm³/mol. The molecule has 2 N–H and O–H groups in total. The van der Waals surface area contributed by atoms with Gasteiger partial charge in [0.25, 0.3) is 17.5 Å². The van der Waals surface area contributed by atoms with Crippen LogP contribution < -0.4 is 10.6 Å². The van der Waals surface area contributed by atoms with Gasteiger partial charge in [-0.2, -0.15) is 0 Å². The number of ether oxygens (including phenoxy) is 1. The molecule has 0 fully saturated rings. The highest BCUT2D eigenvalue weighted by Gasteiger charge is 2.28. The standard InChI is InChI=1S/C24H22N4O6S/c1-14-17(8-4-9-18(14)28(32)33)26-20(29)13-34-24(31)21-16-7-2-3-10-19(16)35-23(21)27-22(30)15-6-5-11-25-12-15/h4-6,8-9,11-12H,2-3,7,10,13H2,1H3,(H,26,29)(H,27,30). The molecule has 35 heavy (non-hydrogen) atoms. The minimum atomic E-state index is -0.711. The molecular weight excluding hydrogens is 472 g/mol. The number of aromatic nitrogens is 1. The van der Waals surface area contributed by atoms with Crippen molar-refractivity contribution in [2.45, 2.75) is 32.6 Å². The van der Waals surface area contributed by atoms with Crippen LogP contribution in [0.3, 0.4) is 0 Å². The molecule has 0 spiro atoms. The Hall–Kier alpha value is -4.12. The molecule has 1 aliphatic rings. The number of benzene rings is 1. The van der Waals surface area contributed by atoms with Crippen molar-refractivity contribution in [1.82, 2.24) is 4.98 Å². The van der Waals surface area contributed by atoms with Gasteiger partial charge in [-0.05, 0) is 56.4 Å². The zero-order valence-corrected chi connectivity index (χ0v) is 19.6. The molecule has 0 bridgehead atoms. The minimum absolute atomic E-state index is 0.126. The largest absolute Gasteiger partial charge is 0.452 e. The summed E-state index contributed by atoms with van der Waals surface area (Å²) in [7, 11) is 0. The highest BCUT2D eigenvalue weighted by atomic mass is 32.1. The number of aryl methyl sites for hydroxylation is 1. The van der Waals surface area contributed by atoms with Crippen LogP contribution in [-0.4, -0.2) is 34.3 Å². The Balaban J connectivity index is 1.48. The molecule has 0 aliphatic heterocycles. The smallest absolute Gasteiger partial charge is 0.341 e. The second kappa shape index (κ2) is 10.4. The van der Waals surface area contributed by atoms with Crippen LogP contribution in [-0.2, 0) is 22.4 Å². The van der Waals surface area contributed by atoms with Gasteiger partial charge in [0, 0.05) is 23.3 Å². The lowest BCUT2D eigenvalue weighted by atomic mass is 9.95. The van der Waals surface area contributed by atoms with Crippen LogP contribution in [0.15, 0.2) is 42.7 Å². The van der Waals surface area contributed by atoms with Crippen molar-refractivity contribution >= 4 is 45.5 Å². The quantitative estimate of drug-likeness (QED) is 0.284. The van der Waals surface area contributed by atoms with Crippen molar-refractivity contribution < 1.29 is 24.0 Å². The fraction of sp³-hybridized carbons (Fsp3) is 0.250. The summed E-state index contributed by atoms with van der Waals surface area (Å²) in [6.45, 7) is 0.941. The second-order valence-corrected chi connectivity index (χ2v) is 9.05. The Kier molecular flexibility index (Phi) is 7.16. The van der Waals surface area contributed by atoms with Gasteiger partial charge in [-0.25, -0.2) is 4.79 Å². The first-order valence-corrected chi connectivity index (χ1v) is 11.7. The van der Waals surface area contributed by atoms with E-state index in [1.54, 1.807) is 18.3 Å². The summed E-state index contributed by atoms with van der Waals surface area (Å²) < 4.78 is 5.29. The first kappa shape index (κ1) is 24.0. The van der Waals surface area contributed by atoms with Crippen LogP contribution in [0.1, 0.15) is 49.6 Å². The average molecular weight is 495 g/mol. The van der Waals surface area contributed by atoms with E-state index in [2.05, 4.69) is 15.6 Å². The maximum absolute atomic E-state index is 13.0. The summed E-state index contributed by atoms with van der Waals surface area (Å²) in [6, 6.07) is 7.59. The lowest BCUT2D eigenvalue weighted by molar-refractivity contribution is -0.385. The molecule has 10 nitrogen and oxygen atoms in total. The van der Waals surface area contributed by atoms with Crippen LogP contribution in [0.4, 0.5) is 16.4 Å². The van der Waals surface area contributed by atoms with Crippen LogP contribution in [0.5, 0.6) is 0 Å². The molecule has 2 amide bonds. The summed E-state index contributed by atoms with van der Waals surface area (Å²) in [4.78, 5) is 53.7. The number of carbonyl (C=O) groups is 3. The topological polar surface area (TPSA) is 141 Å². The molecule has 1 aromatic carbocycles. The molecule has 2 aromatic heterocycles. The first-order valence-electron chi connectivity index (χ1n) is 10.9. The van der Waals surface area contributed by atoms with E-state index in [4.69, 9.17) is 4.74 Å². The molecule has 0 saturated carbocycles. The fourth-order valence-electron chi connectivity index (χ4n) is 3.89. The van der Waals surface area contributed by atoms with E-state index in [9.17, 15) is 24.5 Å². The third-order valence-electron chi connectivity index (χ3n) is 5.64. The lowest BCUT2D eigenvalue weighted by Crippen LogP contribution is -2.22. The minimum Gasteiger partial charge on any atom is -0.452 e. The number of nitro benzene ring substituents is 1. The van der Waals surface area contributed by atoms with Crippen LogP contribution in [0.25, 0.3) is 0 Å². The number of thiophene rings is 1. The lowest BCUT2D eigenvalue weighted by Gasteiger charge is -2.13. The highest BCUT2D eigenvalue weighted by Crippen LogP contribution is 2.38. The number of pyridine rings is 1. The number of hydrogen-bond acceptors (Lipinski definition) is 8. The average Bonchev–Trinajstić information content (AvgIpc) is 3.22. The number of esters is 1. The second-order valence-electron chi connectivity index (χ2n) is 7.94. The summed E-state index contributed by atoms with van der Waals surface area (Å²) >= 11 is 1.34. The number of nitrogens with zero attached hydrogens (tertiary/aromatic N) is 2. The van der Waals surface area contributed by atoms with E-state index in [0.717, 1.165) is 29.7 Å². The third-order valence-corrected chi connectivity index (χ3v) is 6.84. The number of anilines is 2. The van der Waals surface area contributed by atoms with Crippen molar-refractivity contribution in [2.75, 3.05) is 17.2 Å². The monoisotopic (exact) mass is 494 g/mol. The molecule has 11 heteroatoms. The van der Waals surface area contributed by atoms with E-state index in [1.807, 2.05) is 0 Å². The zero-order chi connectivity index (χ0) is 24.9. The predicted octanol–water partition coefficient (Wildman–Crippen LogP) is 4.29. The van der Waals surface area contributed by atoms with E-state index in [-0.39, 0.29) is 16.9 Å². The molecule has 0 unspecified atom stereocenters. The third kappa shape index (κ3) is 5.35. The van der Waals surface area contributed by atoms with Gasteiger partial charge in [0.15, 0.2) is 6.61 Å². The van der Waals surface area contributed by atoms with Gasteiger partial charge < -0.3 is 15.4 Å². The van der Waals surface area contributed by atoms with Gasteiger partial charge in [-0.1, -0.05) is 6.07 Å². The summed E-state index contributed by atoms with van der Waals surface area (Å²) in [6.07, 6.45) is 6.37. The van der Waals surface area contributed by atoms with Gasteiger partial charge in [0.2, 0.25) is 0 Å². The van der Waals surface area contributed by atoms with Crippen molar-refractivity contribution in [2.24, 2.45) is 0 Å². The van der Waals surface area contributed by atoms with Gasteiger partial charge in [0.1, 0.15) is 5.00 Å². The van der Waals surface area contributed by atoms with Crippen LogP contribution >= 0.6 is 11.3 Å². The summed E-state index contributed by atoms with van der Waals surface area (Å²) in [5, 5.41) is 16.8. The Morgan fingerprint density at radius 2 is 1.94 bits per heavy atom. The summed E-state index contributed by atoms with van der Waals surface area (Å²) in [5.41, 5.74) is 1.88. The highest BCUT2D eigenvalue weighted by molar-refractivity contribution is 7.17. The molecular formula is C24H22N4O6S. The Bertz CT molecular complexity index is 1300. The number of nitro groups is 1. The first-order chi connectivity index (χ1) is 16.8. The van der Waals surface area contributed by atoms with Gasteiger partial charge >= 0.3 is 5.97 Å². The molecule has 0 saturated heterocycles. The SMILES string of the molecule is Cc1c(NC(=O)COC(=O)c2c(NC(=O)c3cccnc3)sc3c2CCCC3)cccc1[N+](=O)[O-]. The zero-order valence-electron chi connectivity index (χ0n) is 18.8. The Labute approximate surface area is 204 Å². The molecule has 1 aliphatic carbocycles. The van der Waals surface area contributed by atoms with Gasteiger partial charge in [-0.15, -0.1) is 11.3 Å². The van der Waals surface area contributed by atoms with E-state index in [0.29, 0.717) is 22.5 Å². The molecule has 180 valence electrons. The number of carbonyl (C=O) groups excluding carboxylic acids is 3. The molecule has 3 aromatic rings. The van der Waals surface area contributed by atoms with E-state index in [1.165, 1.54) is 42.7 Å². The Morgan fingerprint density at radius 3 is 2.69 bits per heavy atom. The molecule has 2 heterocycles. The van der Waals surface area contributed by atoms with Crippen molar-refractivity contribution in [3.63, 3.8) is 0 Å². The van der Waals surface area contributed by atoms with E-state index < -0.39 is 29.3 Å². The number of nitrogens with one attached hydrogen (secondary N) is 2. The van der Waals surface area contributed by atoms with Crippen molar-refractivity contribution in [3.8, 4) is 0 Å². The number of amides is 2. The number of hydrogen-bond donors (Lipinski definition) is 2. The summed E-state index contributed by atoms with van der Waals surface area (Å²) in [5.74, 6) is -1.74. The maximum atomic E-state index is 13.0. The molecule has 0 radical (unpaired) electrons. The van der Waals surface area contributed by atoms with Crippen LogP contribution in [0, 0.1) is 17.0 Å². The normalized spacial score (nSPS) is 12.4. The number of fused-ring (bicyclic) bond motifs is 1. The van der Waals surface area contributed by atoms with Crippen LogP contribution in [0.2, 0.25) is 0 Å². The molecule has 4 rings (SSSR count). The van der Waals surface area contributed by atoms with Gasteiger partial charge in [-0.3, -0.25) is 24.7 Å². The van der Waals surface area contributed by atoms with Crippen molar-refractivity contribution in [1.29, 1.82) is 0 Å². The fourth-order valence-corrected chi connectivity index (χ4v) is 5.16.